The molecule has 4 rings (SSSR count). The van der Waals surface area contributed by atoms with Crippen LogP contribution in [0.25, 0.3) is 10.8 Å². The maximum atomic E-state index is 14.4. The Kier molecular flexibility index (Phi) is 5.86. The molecule has 1 unspecified atom stereocenters. The number of nitrogens with zero attached hydrogens (tertiary/aromatic N) is 2. The summed E-state index contributed by atoms with van der Waals surface area (Å²) in [6.45, 7) is -0.922. The highest BCUT2D eigenvalue weighted by atomic mass is 19.4. The van der Waals surface area contributed by atoms with Crippen molar-refractivity contribution in [3.8, 4) is 0 Å². The molecule has 2 aromatic carbocycles. The van der Waals surface area contributed by atoms with Crippen LogP contribution in [0.15, 0.2) is 53.5 Å². The smallest absolute Gasteiger partial charge is 0.326 e. The highest BCUT2D eigenvalue weighted by Gasteiger charge is 2.59. The SMILES string of the molecule is NCc1ccc(C2=NCC(c3cc(C(F)(F)F)nc(C(F)(F)F)c3)(C(F)(F)F)C2)c2ccccc12. The van der Waals surface area contributed by atoms with Crippen LogP contribution >= 0.6 is 0 Å². The van der Waals surface area contributed by atoms with Crippen molar-refractivity contribution < 1.29 is 39.5 Å². The maximum absolute atomic E-state index is 14.4. The van der Waals surface area contributed by atoms with Gasteiger partial charge in [0.25, 0.3) is 0 Å². The first kappa shape index (κ1) is 25.0. The summed E-state index contributed by atoms with van der Waals surface area (Å²) in [5.41, 5.74) is -1.76. The molecule has 0 saturated carbocycles. The van der Waals surface area contributed by atoms with Crippen LogP contribution in [-0.2, 0) is 24.3 Å². The molecule has 1 aliphatic rings. The molecular formula is C23H16F9N3. The summed E-state index contributed by atoms with van der Waals surface area (Å²) < 4.78 is 123. The molecule has 1 aliphatic heterocycles. The van der Waals surface area contributed by atoms with Crippen molar-refractivity contribution in [1.29, 1.82) is 0 Å². The average molecular weight is 505 g/mol. The van der Waals surface area contributed by atoms with Crippen LogP contribution in [0.5, 0.6) is 0 Å². The Labute approximate surface area is 192 Å². The number of alkyl halides is 9. The Morgan fingerprint density at radius 1 is 0.800 bits per heavy atom. The molecule has 3 aromatic rings. The molecule has 0 bridgehead atoms. The van der Waals surface area contributed by atoms with E-state index in [0.717, 1.165) is 0 Å². The van der Waals surface area contributed by atoms with Gasteiger partial charge >= 0.3 is 18.5 Å². The van der Waals surface area contributed by atoms with Crippen molar-refractivity contribution >= 4 is 16.5 Å². The lowest BCUT2D eigenvalue weighted by Gasteiger charge is -2.32. The van der Waals surface area contributed by atoms with Gasteiger partial charge < -0.3 is 5.73 Å². The summed E-state index contributed by atoms with van der Waals surface area (Å²) in [7, 11) is 0. The van der Waals surface area contributed by atoms with Crippen molar-refractivity contribution in [2.75, 3.05) is 6.54 Å². The van der Waals surface area contributed by atoms with E-state index in [9.17, 15) is 39.5 Å². The molecule has 0 saturated heterocycles. The second kappa shape index (κ2) is 8.21. The molecule has 1 atom stereocenters. The standard InChI is InChI=1S/C23H16F9N3/c24-21(25,26)18-7-13(8-19(35-18)22(27,28)29)20(23(30,31)32)9-17(34-11-20)16-6-5-12(10-33)14-3-1-2-4-15(14)16/h1-8H,9-11,33H2. The Hall–Kier alpha value is -3.15. The average Bonchev–Trinajstić information content (AvgIpc) is 3.23. The van der Waals surface area contributed by atoms with Crippen LogP contribution < -0.4 is 5.73 Å². The van der Waals surface area contributed by atoms with Gasteiger partial charge in [0.1, 0.15) is 16.8 Å². The van der Waals surface area contributed by atoms with Gasteiger partial charge in [0.2, 0.25) is 0 Å². The fourth-order valence-corrected chi connectivity index (χ4v) is 4.24. The van der Waals surface area contributed by atoms with Gasteiger partial charge in [0, 0.05) is 24.2 Å². The highest BCUT2D eigenvalue weighted by molar-refractivity contribution is 6.12. The predicted molar refractivity (Wildman–Crippen MR) is 110 cm³/mol. The number of benzene rings is 2. The van der Waals surface area contributed by atoms with E-state index in [1.807, 2.05) is 0 Å². The molecule has 0 radical (unpaired) electrons. The lowest BCUT2D eigenvalue weighted by Crippen LogP contribution is -2.44. The van der Waals surface area contributed by atoms with E-state index in [-0.39, 0.29) is 24.4 Å². The number of halogens is 9. The topological polar surface area (TPSA) is 51.3 Å². The minimum absolute atomic E-state index is 0.0246. The second-order valence-corrected chi connectivity index (χ2v) is 8.16. The molecule has 2 N–H and O–H groups in total. The molecule has 0 amide bonds. The lowest BCUT2D eigenvalue weighted by molar-refractivity contribution is -0.185. The van der Waals surface area contributed by atoms with E-state index in [2.05, 4.69) is 9.98 Å². The van der Waals surface area contributed by atoms with Crippen molar-refractivity contribution in [3.63, 3.8) is 0 Å². The van der Waals surface area contributed by atoms with Gasteiger partial charge in [-0.25, -0.2) is 4.98 Å². The zero-order chi connectivity index (χ0) is 25.8. The third-order valence-corrected chi connectivity index (χ3v) is 6.06. The Balaban J connectivity index is 1.88. The Morgan fingerprint density at radius 3 is 1.89 bits per heavy atom. The summed E-state index contributed by atoms with van der Waals surface area (Å²) in [6.07, 6.45) is -16.9. The van der Waals surface area contributed by atoms with Crippen LogP contribution in [-0.4, -0.2) is 23.4 Å². The summed E-state index contributed by atoms with van der Waals surface area (Å²) in [6, 6.07) is 9.85. The molecule has 12 heteroatoms. The quantitative estimate of drug-likeness (QED) is 0.418. The highest BCUT2D eigenvalue weighted by Crippen LogP contribution is 2.50. The van der Waals surface area contributed by atoms with Crippen LogP contribution in [0.2, 0.25) is 0 Å². The molecule has 35 heavy (non-hydrogen) atoms. The Bertz CT molecular complexity index is 1270. The van der Waals surface area contributed by atoms with E-state index in [1.54, 1.807) is 30.3 Å². The molecule has 186 valence electrons. The third-order valence-electron chi connectivity index (χ3n) is 6.06. The van der Waals surface area contributed by atoms with Crippen LogP contribution in [0.4, 0.5) is 39.5 Å². The first-order chi connectivity index (χ1) is 16.2. The normalized spacial score (nSPS) is 19.3. The second-order valence-electron chi connectivity index (χ2n) is 8.16. The van der Waals surface area contributed by atoms with E-state index in [1.165, 1.54) is 6.07 Å². The minimum Gasteiger partial charge on any atom is -0.326 e. The zero-order valence-corrected chi connectivity index (χ0v) is 17.6. The number of nitrogens with two attached hydrogens (primary N) is 1. The van der Waals surface area contributed by atoms with Gasteiger partial charge in [0.15, 0.2) is 0 Å². The third kappa shape index (κ3) is 4.35. The van der Waals surface area contributed by atoms with Gasteiger partial charge in [0.05, 0.1) is 6.54 Å². The largest absolute Gasteiger partial charge is 0.433 e. The monoisotopic (exact) mass is 505 g/mol. The van der Waals surface area contributed by atoms with Crippen molar-refractivity contribution in [2.24, 2.45) is 10.7 Å². The summed E-state index contributed by atoms with van der Waals surface area (Å²) >= 11 is 0. The minimum atomic E-state index is -5.39. The van der Waals surface area contributed by atoms with Crippen molar-refractivity contribution in [1.82, 2.24) is 4.98 Å². The number of aliphatic imine (C=N–C) groups is 1. The van der Waals surface area contributed by atoms with Gasteiger partial charge in [-0.2, -0.15) is 39.5 Å². The molecule has 0 spiro atoms. The van der Waals surface area contributed by atoms with Gasteiger partial charge in [-0.3, -0.25) is 4.99 Å². The molecule has 0 aliphatic carbocycles. The molecule has 0 fully saturated rings. The van der Waals surface area contributed by atoms with Crippen LogP contribution in [0.3, 0.4) is 0 Å². The number of hydrogen-bond donors (Lipinski definition) is 1. The summed E-state index contributed by atoms with van der Waals surface area (Å²) in [5.74, 6) is 0. The zero-order valence-electron chi connectivity index (χ0n) is 17.6. The molecule has 2 heterocycles. The number of pyridine rings is 1. The first-order valence-corrected chi connectivity index (χ1v) is 10.2. The predicted octanol–water partition coefficient (Wildman–Crippen LogP) is 6.42. The molecule has 3 nitrogen and oxygen atoms in total. The van der Waals surface area contributed by atoms with E-state index >= 15 is 0 Å². The summed E-state index contributed by atoms with van der Waals surface area (Å²) in [4.78, 5) is 6.51. The van der Waals surface area contributed by atoms with E-state index < -0.39 is 53.9 Å². The van der Waals surface area contributed by atoms with E-state index in [0.29, 0.717) is 21.9 Å². The Morgan fingerprint density at radius 2 is 1.37 bits per heavy atom. The lowest BCUT2D eigenvalue weighted by atomic mass is 9.76. The molecular weight excluding hydrogens is 489 g/mol. The van der Waals surface area contributed by atoms with E-state index in [4.69, 9.17) is 5.73 Å². The van der Waals surface area contributed by atoms with Gasteiger partial charge in [-0.15, -0.1) is 0 Å². The van der Waals surface area contributed by atoms with Crippen LogP contribution in [0, 0.1) is 0 Å². The van der Waals surface area contributed by atoms with Crippen molar-refractivity contribution in [3.05, 3.63) is 76.6 Å². The molecule has 1 aromatic heterocycles. The fraction of sp³-hybridized carbons (Fsp3) is 0.304. The number of fused-ring (bicyclic) bond motifs is 1. The van der Waals surface area contributed by atoms with Crippen molar-refractivity contribution in [2.45, 2.75) is 36.9 Å². The fourth-order valence-electron chi connectivity index (χ4n) is 4.24. The van der Waals surface area contributed by atoms with Crippen LogP contribution in [0.1, 0.15) is 34.5 Å². The maximum Gasteiger partial charge on any atom is 0.433 e. The first-order valence-electron chi connectivity index (χ1n) is 10.2. The number of rotatable bonds is 3. The van der Waals surface area contributed by atoms with Gasteiger partial charge in [-0.1, -0.05) is 36.4 Å². The summed E-state index contributed by atoms with van der Waals surface area (Å²) in [5, 5.41) is 1.18. The number of hydrogen-bond acceptors (Lipinski definition) is 3. The number of aromatic nitrogens is 1. The van der Waals surface area contributed by atoms with Gasteiger partial charge in [-0.05, 0) is 34.0 Å².